The Kier molecular flexibility index (Phi) is 3.78. The van der Waals surface area contributed by atoms with E-state index in [4.69, 9.17) is 11.6 Å². The number of nitrogens with one attached hydrogen (secondary N) is 1. The van der Waals surface area contributed by atoms with Crippen molar-refractivity contribution in [1.29, 1.82) is 0 Å². The normalized spacial score (nSPS) is 14.4. The van der Waals surface area contributed by atoms with E-state index in [0.717, 1.165) is 12.8 Å². The number of nitrogens with zero attached hydrogens (tertiary/aromatic N) is 4. The lowest BCUT2D eigenvalue weighted by atomic mass is 10.3. The summed E-state index contributed by atoms with van der Waals surface area (Å²) in [5, 5.41) is 3.27. The molecule has 4 rings (SSSR count). The topological polar surface area (TPSA) is 55.6 Å². The van der Waals surface area contributed by atoms with Crippen molar-refractivity contribution >= 4 is 66.1 Å². The standard InChI is InChI=1S/C14H9Br2ClFN5/c15-8-3-6(4-9(16)10(8)18)20-12-11-13(22-14(17)21-12)23(5-19-11)7-1-2-7/h3-5,7H,1-2H2,(H,20,21,22). The number of halogens is 4. The van der Waals surface area contributed by atoms with Gasteiger partial charge in [-0.05, 0) is 68.4 Å². The van der Waals surface area contributed by atoms with Crippen molar-refractivity contribution in [3.63, 3.8) is 0 Å². The lowest BCUT2D eigenvalue weighted by Gasteiger charge is -2.09. The molecule has 5 nitrogen and oxygen atoms in total. The number of fused-ring (bicyclic) bond motifs is 1. The van der Waals surface area contributed by atoms with Crippen LogP contribution in [0.3, 0.4) is 0 Å². The minimum absolute atomic E-state index is 0.141. The first kappa shape index (κ1) is 15.3. The Morgan fingerprint density at radius 2 is 1.91 bits per heavy atom. The largest absolute Gasteiger partial charge is 0.338 e. The van der Waals surface area contributed by atoms with Crippen LogP contribution < -0.4 is 5.32 Å². The lowest BCUT2D eigenvalue weighted by molar-refractivity contribution is 0.614. The minimum atomic E-state index is -0.362. The average molecular weight is 462 g/mol. The molecular weight excluding hydrogens is 452 g/mol. The van der Waals surface area contributed by atoms with Crippen molar-refractivity contribution in [2.45, 2.75) is 18.9 Å². The molecule has 0 aliphatic heterocycles. The van der Waals surface area contributed by atoms with Crippen LogP contribution in [-0.2, 0) is 0 Å². The summed E-state index contributed by atoms with van der Waals surface area (Å²) in [6.07, 6.45) is 4.00. The first-order valence-corrected chi connectivity index (χ1v) is 8.81. The van der Waals surface area contributed by atoms with E-state index in [1.165, 1.54) is 0 Å². The lowest BCUT2D eigenvalue weighted by Crippen LogP contribution is -2.00. The van der Waals surface area contributed by atoms with Crippen LogP contribution in [0.2, 0.25) is 5.28 Å². The second-order valence-corrected chi connectivity index (χ2v) is 7.32. The smallest absolute Gasteiger partial charge is 0.226 e. The zero-order valence-electron chi connectivity index (χ0n) is 11.5. The Morgan fingerprint density at radius 3 is 2.57 bits per heavy atom. The number of benzene rings is 1. The van der Waals surface area contributed by atoms with Crippen molar-refractivity contribution in [2.75, 3.05) is 5.32 Å². The second kappa shape index (κ2) is 5.68. The van der Waals surface area contributed by atoms with Gasteiger partial charge in [-0.25, -0.2) is 9.37 Å². The third kappa shape index (κ3) is 2.83. The average Bonchev–Trinajstić information content (AvgIpc) is 3.25. The molecule has 0 unspecified atom stereocenters. The molecule has 118 valence electrons. The molecule has 0 saturated heterocycles. The molecule has 1 fully saturated rings. The van der Waals surface area contributed by atoms with Gasteiger partial charge in [-0.1, -0.05) is 0 Å². The van der Waals surface area contributed by atoms with Gasteiger partial charge in [-0.2, -0.15) is 9.97 Å². The van der Waals surface area contributed by atoms with Gasteiger partial charge in [-0.15, -0.1) is 0 Å². The number of hydrogen-bond acceptors (Lipinski definition) is 4. The highest BCUT2D eigenvalue weighted by molar-refractivity contribution is 9.11. The molecule has 0 radical (unpaired) electrons. The Hall–Kier alpha value is -1.25. The Bertz CT molecular complexity index is 902. The van der Waals surface area contributed by atoms with Crippen LogP contribution in [0.15, 0.2) is 27.4 Å². The van der Waals surface area contributed by atoms with Crippen LogP contribution in [0.25, 0.3) is 11.2 Å². The van der Waals surface area contributed by atoms with Gasteiger partial charge < -0.3 is 9.88 Å². The fourth-order valence-corrected chi connectivity index (χ4v) is 3.71. The van der Waals surface area contributed by atoms with E-state index in [1.54, 1.807) is 18.5 Å². The summed E-state index contributed by atoms with van der Waals surface area (Å²) in [5.41, 5.74) is 2.00. The van der Waals surface area contributed by atoms with Crippen molar-refractivity contribution in [2.24, 2.45) is 0 Å². The number of aromatic nitrogens is 4. The van der Waals surface area contributed by atoms with Gasteiger partial charge >= 0.3 is 0 Å². The monoisotopic (exact) mass is 459 g/mol. The van der Waals surface area contributed by atoms with Gasteiger partial charge in [0.15, 0.2) is 22.8 Å². The van der Waals surface area contributed by atoms with Crippen molar-refractivity contribution in [3.05, 3.63) is 38.5 Å². The molecule has 1 aliphatic rings. The maximum absolute atomic E-state index is 13.7. The van der Waals surface area contributed by atoms with Crippen molar-refractivity contribution < 1.29 is 4.39 Å². The predicted octanol–water partition coefficient (Wildman–Crippen LogP) is 5.22. The second-order valence-electron chi connectivity index (χ2n) is 5.28. The van der Waals surface area contributed by atoms with Crippen LogP contribution in [-0.4, -0.2) is 19.5 Å². The summed E-state index contributed by atoms with van der Waals surface area (Å²) in [6.45, 7) is 0. The molecular formula is C14H9Br2ClFN5. The third-order valence-corrected chi connectivity index (χ3v) is 4.90. The molecule has 0 spiro atoms. The SMILES string of the molecule is Fc1c(Br)cc(Nc2nc(Cl)nc3c2ncn3C2CC2)cc1Br. The molecule has 1 saturated carbocycles. The number of anilines is 2. The Balaban J connectivity index is 1.79. The van der Waals surface area contributed by atoms with Gasteiger partial charge in [0.25, 0.3) is 0 Å². The number of hydrogen-bond donors (Lipinski definition) is 1. The summed E-state index contributed by atoms with van der Waals surface area (Å²) in [7, 11) is 0. The van der Waals surface area contributed by atoms with Crippen LogP contribution in [0.5, 0.6) is 0 Å². The zero-order chi connectivity index (χ0) is 16.1. The van der Waals surface area contributed by atoms with Crippen LogP contribution in [0.4, 0.5) is 15.9 Å². The number of rotatable bonds is 3. The summed E-state index contributed by atoms with van der Waals surface area (Å²) in [5.74, 6) is 0.129. The van der Waals surface area contributed by atoms with Crippen LogP contribution in [0, 0.1) is 5.82 Å². The Morgan fingerprint density at radius 1 is 1.22 bits per heavy atom. The molecule has 23 heavy (non-hydrogen) atoms. The third-order valence-electron chi connectivity index (χ3n) is 3.58. The molecule has 3 aromatic rings. The first-order valence-electron chi connectivity index (χ1n) is 6.84. The van der Waals surface area contributed by atoms with Crippen molar-refractivity contribution in [3.8, 4) is 0 Å². The molecule has 2 heterocycles. The fourth-order valence-electron chi connectivity index (χ4n) is 2.36. The van der Waals surface area contributed by atoms with Gasteiger partial charge in [0.2, 0.25) is 5.28 Å². The van der Waals surface area contributed by atoms with Gasteiger partial charge in [0.1, 0.15) is 0 Å². The highest BCUT2D eigenvalue weighted by Gasteiger charge is 2.26. The molecule has 1 N–H and O–H groups in total. The summed E-state index contributed by atoms with van der Waals surface area (Å²) < 4.78 is 16.4. The minimum Gasteiger partial charge on any atom is -0.338 e. The summed E-state index contributed by atoms with van der Waals surface area (Å²) in [4.78, 5) is 12.9. The maximum Gasteiger partial charge on any atom is 0.226 e. The van der Waals surface area contributed by atoms with E-state index in [-0.39, 0.29) is 11.1 Å². The first-order chi connectivity index (χ1) is 11.0. The molecule has 2 aromatic heterocycles. The fraction of sp³-hybridized carbons (Fsp3) is 0.214. The molecule has 9 heteroatoms. The van der Waals surface area contributed by atoms with E-state index in [2.05, 4.69) is 52.1 Å². The Labute approximate surface area is 152 Å². The molecule has 0 atom stereocenters. The molecule has 1 aliphatic carbocycles. The summed E-state index contributed by atoms with van der Waals surface area (Å²) >= 11 is 12.4. The number of imidazole rings is 1. The highest BCUT2D eigenvalue weighted by Crippen LogP contribution is 2.38. The quantitative estimate of drug-likeness (QED) is 0.429. The molecule has 0 amide bonds. The van der Waals surface area contributed by atoms with Crippen LogP contribution >= 0.6 is 43.5 Å². The van der Waals surface area contributed by atoms with E-state index >= 15 is 0 Å². The summed E-state index contributed by atoms with van der Waals surface area (Å²) in [6, 6.07) is 3.69. The van der Waals surface area contributed by atoms with E-state index in [0.29, 0.717) is 37.7 Å². The predicted molar refractivity (Wildman–Crippen MR) is 93.7 cm³/mol. The molecule has 1 aromatic carbocycles. The van der Waals surface area contributed by atoms with Gasteiger partial charge in [0, 0.05) is 11.7 Å². The van der Waals surface area contributed by atoms with Crippen LogP contribution in [0.1, 0.15) is 18.9 Å². The van der Waals surface area contributed by atoms with Gasteiger partial charge in [0.05, 0.1) is 15.3 Å². The van der Waals surface area contributed by atoms with Crippen molar-refractivity contribution in [1.82, 2.24) is 19.5 Å². The zero-order valence-corrected chi connectivity index (χ0v) is 15.5. The van der Waals surface area contributed by atoms with E-state index in [9.17, 15) is 4.39 Å². The highest BCUT2D eigenvalue weighted by atomic mass is 79.9. The molecule has 0 bridgehead atoms. The van der Waals surface area contributed by atoms with E-state index in [1.807, 2.05) is 4.57 Å². The maximum atomic E-state index is 13.7. The van der Waals surface area contributed by atoms with E-state index < -0.39 is 0 Å². The van der Waals surface area contributed by atoms with Gasteiger partial charge in [-0.3, -0.25) is 0 Å².